The van der Waals surface area contributed by atoms with Gasteiger partial charge in [0.15, 0.2) is 0 Å². The molecule has 0 rings (SSSR count). The van der Waals surface area contributed by atoms with E-state index < -0.39 is 24.3 Å². The number of esters is 1. The van der Waals surface area contributed by atoms with Crippen LogP contribution in [0.15, 0.2) is 24.5 Å². The number of hydrogen-bond acceptors (Lipinski definition) is 3. The van der Waals surface area contributed by atoms with Crippen LogP contribution in [0.25, 0.3) is 0 Å². The van der Waals surface area contributed by atoms with Gasteiger partial charge in [-0.3, -0.25) is 0 Å². The molecule has 0 amide bonds. The second-order valence-corrected chi connectivity index (χ2v) is 2.20. The molecule has 0 aliphatic carbocycles. The maximum Gasteiger partial charge on any atom is 0.423 e. The van der Waals surface area contributed by atoms with Crippen molar-refractivity contribution < 1.29 is 27.8 Å². The molecule has 0 saturated carbocycles. The van der Waals surface area contributed by atoms with E-state index in [1.165, 1.54) is 0 Å². The van der Waals surface area contributed by atoms with E-state index in [1.54, 1.807) is 0 Å². The van der Waals surface area contributed by atoms with Crippen LogP contribution in [0, 0.1) is 0 Å². The zero-order valence-corrected chi connectivity index (χ0v) is 7.17. The maximum absolute atomic E-state index is 12.1. The summed E-state index contributed by atoms with van der Waals surface area (Å²) >= 11 is 0. The molecule has 0 heterocycles. The van der Waals surface area contributed by atoms with Crippen molar-refractivity contribution in [3.8, 4) is 0 Å². The molecule has 3 nitrogen and oxygen atoms in total. The van der Waals surface area contributed by atoms with Gasteiger partial charge in [0.25, 0.3) is 0 Å². The molecule has 0 saturated heterocycles. The number of aliphatic hydroxyl groups excluding tert-OH is 1. The number of carbonyl (C=O) groups is 1. The van der Waals surface area contributed by atoms with Gasteiger partial charge in [-0.25, -0.2) is 4.79 Å². The van der Waals surface area contributed by atoms with E-state index in [0.717, 1.165) is 0 Å². The highest BCUT2D eigenvalue weighted by Crippen LogP contribution is 2.26. The number of ether oxygens (including phenoxy) is 1. The van der Waals surface area contributed by atoms with E-state index >= 15 is 0 Å². The Labute approximate surface area is 78.5 Å². The fraction of sp³-hybridized carbons (Fsp3) is 0.375. The molecule has 0 bridgehead atoms. The van der Waals surface area contributed by atoms with Gasteiger partial charge in [0, 0.05) is 6.61 Å². The highest BCUT2D eigenvalue weighted by Gasteiger charge is 2.39. The Bertz CT molecular complexity index is 243. The zero-order valence-electron chi connectivity index (χ0n) is 7.17. The highest BCUT2D eigenvalue weighted by molar-refractivity contribution is 5.90. The van der Waals surface area contributed by atoms with Crippen molar-refractivity contribution in [1.29, 1.82) is 0 Å². The molecule has 0 spiro atoms. The summed E-state index contributed by atoms with van der Waals surface area (Å²) in [5, 5.41) is 8.31. The van der Waals surface area contributed by atoms with Gasteiger partial charge in [0.05, 0.1) is 6.26 Å². The molecule has 14 heavy (non-hydrogen) atoms. The minimum atomic E-state index is -4.78. The molecule has 0 fully saturated rings. The van der Waals surface area contributed by atoms with Crippen LogP contribution in [0.5, 0.6) is 0 Å². The van der Waals surface area contributed by atoms with Crippen molar-refractivity contribution in [2.24, 2.45) is 0 Å². The van der Waals surface area contributed by atoms with E-state index in [9.17, 15) is 18.0 Å². The van der Waals surface area contributed by atoms with E-state index in [-0.39, 0.29) is 6.42 Å². The number of alkyl halides is 3. The summed E-state index contributed by atoms with van der Waals surface area (Å²) in [5.41, 5.74) is -1.44. The molecular formula is C8H9F3O3. The van der Waals surface area contributed by atoms with Crippen LogP contribution in [0.2, 0.25) is 0 Å². The summed E-state index contributed by atoms with van der Waals surface area (Å²) in [6.07, 6.45) is -3.86. The minimum Gasteiger partial charge on any atom is -0.432 e. The van der Waals surface area contributed by atoms with Crippen LogP contribution in [0.4, 0.5) is 13.2 Å². The van der Waals surface area contributed by atoms with Gasteiger partial charge in [-0.05, 0) is 6.42 Å². The number of halogens is 3. The van der Waals surface area contributed by atoms with Crippen LogP contribution in [0.1, 0.15) is 6.42 Å². The fourth-order valence-corrected chi connectivity index (χ4v) is 0.663. The van der Waals surface area contributed by atoms with Crippen molar-refractivity contribution in [2.45, 2.75) is 12.6 Å². The van der Waals surface area contributed by atoms with Crippen molar-refractivity contribution in [3.05, 3.63) is 24.5 Å². The third-order valence-electron chi connectivity index (χ3n) is 1.19. The van der Waals surface area contributed by atoms with Crippen LogP contribution in [-0.2, 0) is 9.53 Å². The molecule has 0 aromatic carbocycles. The van der Waals surface area contributed by atoms with Crippen LogP contribution >= 0.6 is 0 Å². The smallest absolute Gasteiger partial charge is 0.423 e. The Morgan fingerprint density at radius 1 is 1.50 bits per heavy atom. The number of rotatable bonds is 4. The first-order chi connectivity index (χ1) is 6.43. The standard InChI is InChI=1S/C8H9F3O3/c1-2-14-7(13)6(4-3-5-12)8(9,10)11/h2,4,12H,1,3,5H2. The summed E-state index contributed by atoms with van der Waals surface area (Å²) in [4.78, 5) is 10.7. The first-order valence-electron chi connectivity index (χ1n) is 3.63. The number of carbonyl (C=O) groups excluding carboxylic acids is 1. The molecule has 0 aromatic heterocycles. The normalized spacial score (nSPS) is 12.4. The molecule has 6 heteroatoms. The predicted octanol–water partition coefficient (Wildman–Crippen LogP) is 1.54. The van der Waals surface area contributed by atoms with Crippen LogP contribution in [0.3, 0.4) is 0 Å². The highest BCUT2D eigenvalue weighted by atomic mass is 19.4. The topological polar surface area (TPSA) is 46.5 Å². The second-order valence-electron chi connectivity index (χ2n) is 2.20. The summed E-state index contributed by atoms with van der Waals surface area (Å²) in [6.45, 7) is 2.49. The summed E-state index contributed by atoms with van der Waals surface area (Å²) in [7, 11) is 0. The zero-order chi connectivity index (χ0) is 11.2. The maximum atomic E-state index is 12.1. The van der Waals surface area contributed by atoms with Crippen molar-refractivity contribution in [2.75, 3.05) is 6.61 Å². The Balaban J connectivity index is 4.72. The third-order valence-corrected chi connectivity index (χ3v) is 1.19. The van der Waals surface area contributed by atoms with E-state index in [4.69, 9.17) is 5.11 Å². The Morgan fingerprint density at radius 3 is 2.43 bits per heavy atom. The van der Waals surface area contributed by atoms with Gasteiger partial charge in [-0.1, -0.05) is 12.7 Å². The molecule has 1 N–H and O–H groups in total. The molecular weight excluding hydrogens is 201 g/mol. The van der Waals surface area contributed by atoms with Crippen molar-refractivity contribution >= 4 is 5.97 Å². The number of hydrogen-bond donors (Lipinski definition) is 1. The first kappa shape index (κ1) is 12.7. The van der Waals surface area contributed by atoms with Crippen molar-refractivity contribution in [1.82, 2.24) is 0 Å². The van der Waals surface area contributed by atoms with Crippen LogP contribution in [-0.4, -0.2) is 23.9 Å². The average molecular weight is 210 g/mol. The summed E-state index contributed by atoms with van der Waals surface area (Å²) in [5.74, 6) is -1.53. The molecule has 0 radical (unpaired) electrons. The van der Waals surface area contributed by atoms with Crippen LogP contribution < -0.4 is 0 Å². The van der Waals surface area contributed by atoms with E-state index in [2.05, 4.69) is 11.3 Å². The summed E-state index contributed by atoms with van der Waals surface area (Å²) < 4.78 is 40.4. The van der Waals surface area contributed by atoms with Gasteiger partial charge in [-0.2, -0.15) is 13.2 Å². The lowest BCUT2D eigenvalue weighted by atomic mass is 10.2. The van der Waals surface area contributed by atoms with E-state index in [1.807, 2.05) is 0 Å². The third kappa shape index (κ3) is 4.08. The Hall–Kier alpha value is -1.30. The Kier molecular flexibility index (Phi) is 4.93. The molecule has 0 aliphatic heterocycles. The number of aliphatic hydroxyl groups is 1. The predicted molar refractivity (Wildman–Crippen MR) is 42.1 cm³/mol. The van der Waals surface area contributed by atoms with Gasteiger partial charge in [0.1, 0.15) is 5.57 Å². The molecule has 0 unspecified atom stereocenters. The van der Waals surface area contributed by atoms with Gasteiger partial charge < -0.3 is 9.84 Å². The first-order valence-corrected chi connectivity index (χ1v) is 3.63. The summed E-state index contributed by atoms with van der Waals surface area (Å²) in [6, 6.07) is 0. The van der Waals surface area contributed by atoms with Gasteiger partial charge in [0.2, 0.25) is 0 Å². The molecule has 80 valence electrons. The quantitative estimate of drug-likeness (QED) is 0.435. The lowest BCUT2D eigenvalue weighted by molar-refractivity contribution is -0.145. The van der Waals surface area contributed by atoms with Crippen molar-refractivity contribution in [3.63, 3.8) is 0 Å². The lowest BCUT2D eigenvalue weighted by Gasteiger charge is -2.08. The lowest BCUT2D eigenvalue weighted by Crippen LogP contribution is -2.21. The fourth-order valence-electron chi connectivity index (χ4n) is 0.663. The second kappa shape index (κ2) is 5.43. The van der Waals surface area contributed by atoms with E-state index in [0.29, 0.717) is 12.3 Å². The SMILES string of the molecule is C=COC(=O)C(=CCCO)C(F)(F)F. The molecule has 0 aromatic rings. The Morgan fingerprint density at radius 2 is 2.07 bits per heavy atom. The largest absolute Gasteiger partial charge is 0.432 e. The molecule has 0 aliphatic rings. The average Bonchev–Trinajstić information content (AvgIpc) is 2.03. The van der Waals surface area contributed by atoms with Gasteiger partial charge in [-0.15, -0.1) is 0 Å². The minimum absolute atomic E-state index is 0.263. The molecule has 0 atom stereocenters. The van der Waals surface area contributed by atoms with Gasteiger partial charge >= 0.3 is 12.1 Å². The monoisotopic (exact) mass is 210 g/mol.